The molecule has 0 aliphatic carbocycles. The summed E-state index contributed by atoms with van der Waals surface area (Å²) in [5.74, 6) is -1.03. The van der Waals surface area contributed by atoms with Gasteiger partial charge in [0.15, 0.2) is 0 Å². The molecule has 0 aliphatic rings. The van der Waals surface area contributed by atoms with E-state index in [1.807, 2.05) is 67.6 Å². The van der Waals surface area contributed by atoms with E-state index >= 15 is 0 Å². The molecule has 186 valence electrons. The number of benzene rings is 3. The minimum absolute atomic E-state index is 0.0376. The second-order valence-electron chi connectivity index (χ2n) is 7.98. The predicted molar refractivity (Wildman–Crippen MR) is 138 cm³/mol. The fourth-order valence-electron chi connectivity index (χ4n) is 3.28. The number of amides is 1. The second-order valence-corrected chi connectivity index (χ2v) is 10.1. The third kappa shape index (κ3) is 8.25. The Bertz CT molecular complexity index is 1030. The highest BCUT2D eigenvalue weighted by molar-refractivity contribution is 7.55. The molecule has 35 heavy (non-hydrogen) atoms. The maximum atomic E-state index is 14.3. The average Bonchev–Trinajstić information content (AvgIpc) is 2.91. The molecular formula is C27H33N2O5P. The van der Waals surface area contributed by atoms with Crippen LogP contribution in [0.3, 0.4) is 0 Å². The summed E-state index contributed by atoms with van der Waals surface area (Å²) in [6, 6.07) is 25.8. The normalized spacial score (nSPS) is 12.1. The number of methoxy groups -OCH3 is 1. The lowest BCUT2D eigenvalue weighted by Crippen LogP contribution is -2.40. The van der Waals surface area contributed by atoms with Crippen LogP contribution in [0.15, 0.2) is 84.9 Å². The Hall–Kier alpha value is -3.12. The van der Waals surface area contributed by atoms with Crippen LogP contribution in [0.2, 0.25) is 0 Å². The van der Waals surface area contributed by atoms with Gasteiger partial charge in [-0.25, -0.2) is 0 Å². The molecule has 0 fully saturated rings. The van der Waals surface area contributed by atoms with E-state index in [4.69, 9.17) is 13.8 Å². The molecule has 0 saturated heterocycles. The monoisotopic (exact) mass is 496 g/mol. The van der Waals surface area contributed by atoms with Crippen LogP contribution in [-0.2, 0) is 31.6 Å². The minimum Gasteiger partial charge on any atom is -0.497 e. The van der Waals surface area contributed by atoms with Crippen molar-refractivity contribution in [2.24, 2.45) is 0 Å². The Morgan fingerprint density at radius 3 is 1.89 bits per heavy atom. The lowest BCUT2D eigenvalue weighted by molar-refractivity contribution is -0.120. The zero-order valence-electron chi connectivity index (χ0n) is 20.2. The van der Waals surface area contributed by atoms with Crippen molar-refractivity contribution in [1.29, 1.82) is 0 Å². The Kier molecular flexibility index (Phi) is 10.4. The lowest BCUT2D eigenvalue weighted by Gasteiger charge is -2.28. The molecule has 1 atom stereocenters. The summed E-state index contributed by atoms with van der Waals surface area (Å²) in [6.07, 6.45) is 1.73. The molecule has 0 aromatic heterocycles. The van der Waals surface area contributed by atoms with Crippen LogP contribution < -0.4 is 15.4 Å². The van der Waals surface area contributed by atoms with Crippen LogP contribution in [0.25, 0.3) is 0 Å². The molecule has 1 amide bonds. The Balaban J connectivity index is 1.89. The Morgan fingerprint density at radius 2 is 1.40 bits per heavy atom. The second kappa shape index (κ2) is 13.7. The van der Waals surface area contributed by atoms with Gasteiger partial charge < -0.3 is 24.4 Å². The molecule has 8 heteroatoms. The van der Waals surface area contributed by atoms with Crippen molar-refractivity contribution >= 4 is 19.2 Å². The molecule has 7 nitrogen and oxygen atoms in total. The van der Waals surface area contributed by atoms with Crippen molar-refractivity contribution < 1.29 is 23.1 Å². The molecular weight excluding hydrogens is 463 g/mol. The molecule has 0 unspecified atom stereocenters. The number of anilines is 1. The first-order valence-electron chi connectivity index (χ1n) is 11.7. The summed E-state index contributed by atoms with van der Waals surface area (Å²) in [6.45, 7) is 2.58. The zero-order valence-corrected chi connectivity index (χ0v) is 21.1. The van der Waals surface area contributed by atoms with Gasteiger partial charge in [-0.15, -0.1) is 0 Å². The van der Waals surface area contributed by atoms with Crippen LogP contribution in [0.5, 0.6) is 5.75 Å². The van der Waals surface area contributed by atoms with Gasteiger partial charge >= 0.3 is 7.60 Å². The van der Waals surface area contributed by atoms with E-state index in [0.717, 1.165) is 24.0 Å². The third-order valence-corrected chi connectivity index (χ3v) is 7.27. The molecule has 3 aromatic rings. The van der Waals surface area contributed by atoms with Gasteiger partial charge in [-0.3, -0.25) is 9.36 Å². The van der Waals surface area contributed by atoms with E-state index in [-0.39, 0.29) is 13.2 Å². The number of ether oxygens (including phenoxy) is 1. The van der Waals surface area contributed by atoms with E-state index in [0.29, 0.717) is 18.0 Å². The Morgan fingerprint density at radius 1 is 0.857 bits per heavy atom. The molecule has 0 aliphatic heterocycles. The first-order valence-corrected chi connectivity index (χ1v) is 13.3. The average molecular weight is 497 g/mol. The van der Waals surface area contributed by atoms with Crippen molar-refractivity contribution in [2.75, 3.05) is 19.0 Å². The van der Waals surface area contributed by atoms with Crippen molar-refractivity contribution in [3.8, 4) is 5.75 Å². The number of hydrogen-bond acceptors (Lipinski definition) is 6. The molecule has 0 heterocycles. The topological polar surface area (TPSA) is 85.9 Å². The molecule has 0 saturated carbocycles. The van der Waals surface area contributed by atoms with Crippen LogP contribution in [0.1, 0.15) is 30.9 Å². The van der Waals surface area contributed by atoms with E-state index < -0.39 is 19.3 Å². The number of unbranched alkanes of at least 4 members (excludes halogenated alkanes) is 1. The highest BCUT2D eigenvalue weighted by atomic mass is 31.2. The maximum absolute atomic E-state index is 14.3. The van der Waals surface area contributed by atoms with Crippen molar-refractivity contribution in [3.05, 3.63) is 96.1 Å². The summed E-state index contributed by atoms with van der Waals surface area (Å²) >= 11 is 0. The van der Waals surface area contributed by atoms with E-state index in [9.17, 15) is 9.36 Å². The van der Waals surface area contributed by atoms with Crippen LogP contribution in [0, 0.1) is 0 Å². The fourth-order valence-corrected chi connectivity index (χ4v) is 5.00. The van der Waals surface area contributed by atoms with Crippen molar-refractivity contribution in [3.63, 3.8) is 0 Å². The summed E-state index contributed by atoms with van der Waals surface area (Å²) in [4.78, 5) is 13.3. The van der Waals surface area contributed by atoms with Crippen LogP contribution in [-0.4, -0.2) is 25.3 Å². The first kappa shape index (κ1) is 26.5. The highest BCUT2D eigenvalue weighted by Crippen LogP contribution is 2.54. The van der Waals surface area contributed by atoms with Gasteiger partial charge in [-0.05, 0) is 41.8 Å². The number of nitrogens with one attached hydrogen (secondary N) is 2. The van der Waals surface area contributed by atoms with Gasteiger partial charge in [0.1, 0.15) is 5.75 Å². The number of hydrogen-bond donors (Lipinski definition) is 2. The van der Waals surface area contributed by atoms with Gasteiger partial charge in [0, 0.05) is 12.2 Å². The lowest BCUT2D eigenvalue weighted by atomic mass is 10.2. The molecule has 3 aromatic carbocycles. The van der Waals surface area contributed by atoms with E-state index in [2.05, 4.69) is 10.6 Å². The molecule has 3 rings (SSSR count). The van der Waals surface area contributed by atoms with Gasteiger partial charge in [0.2, 0.25) is 5.78 Å². The molecule has 0 spiro atoms. The smallest absolute Gasteiger partial charge is 0.363 e. The number of carbonyl (C=O) groups is 1. The third-order valence-electron chi connectivity index (χ3n) is 5.30. The van der Waals surface area contributed by atoms with Gasteiger partial charge in [0.25, 0.3) is 5.91 Å². The molecule has 2 N–H and O–H groups in total. The summed E-state index contributed by atoms with van der Waals surface area (Å²) in [5, 5.41) is 5.96. The minimum atomic E-state index is -4.00. The predicted octanol–water partition coefficient (Wildman–Crippen LogP) is 5.98. The standard InChI is InChI=1S/C27H33N2O5P/c1-3-4-19-28-26(30)27(29-24-15-17-25(32-2)18-16-24)35(31,33-20-22-11-7-5-8-12-22)34-21-23-13-9-6-10-14-23/h5-18,27,29H,3-4,19-21H2,1-2H3,(H,28,30)/t27-/m1/s1. The van der Waals surface area contributed by atoms with Gasteiger partial charge in [0.05, 0.1) is 20.3 Å². The fraction of sp³-hybridized carbons (Fsp3) is 0.296. The maximum Gasteiger partial charge on any atom is 0.363 e. The first-order chi connectivity index (χ1) is 17.0. The van der Waals surface area contributed by atoms with Gasteiger partial charge in [-0.1, -0.05) is 74.0 Å². The van der Waals surface area contributed by atoms with Crippen LogP contribution in [0.4, 0.5) is 5.69 Å². The number of carbonyl (C=O) groups excluding carboxylic acids is 1. The van der Waals surface area contributed by atoms with E-state index in [1.165, 1.54) is 0 Å². The van der Waals surface area contributed by atoms with Crippen molar-refractivity contribution in [2.45, 2.75) is 38.8 Å². The SMILES string of the molecule is CCCCNC(=O)[C@H](Nc1ccc(OC)cc1)P(=O)(OCc1ccccc1)OCc1ccccc1. The largest absolute Gasteiger partial charge is 0.497 e. The quantitative estimate of drug-likeness (QED) is 0.211. The summed E-state index contributed by atoms with van der Waals surface area (Å²) < 4.78 is 31.3. The summed E-state index contributed by atoms with van der Waals surface area (Å²) in [7, 11) is -2.42. The zero-order chi connectivity index (χ0) is 24.9. The molecule has 0 bridgehead atoms. The van der Waals surface area contributed by atoms with Gasteiger partial charge in [-0.2, -0.15) is 0 Å². The van der Waals surface area contributed by atoms with Crippen molar-refractivity contribution in [1.82, 2.24) is 5.32 Å². The number of rotatable bonds is 14. The Labute approximate surface area is 207 Å². The highest BCUT2D eigenvalue weighted by Gasteiger charge is 2.42. The van der Waals surface area contributed by atoms with Crippen LogP contribution >= 0.6 is 7.60 Å². The molecule has 0 radical (unpaired) electrons. The van der Waals surface area contributed by atoms with E-state index in [1.54, 1.807) is 31.4 Å². The summed E-state index contributed by atoms with van der Waals surface area (Å²) in [5.41, 5.74) is 2.24.